The lowest BCUT2D eigenvalue weighted by Crippen LogP contribution is -2.21. The van der Waals surface area contributed by atoms with Gasteiger partial charge in [0.25, 0.3) is 0 Å². The normalized spacial score (nSPS) is 31.8. The van der Waals surface area contributed by atoms with Crippen molar-refractivity contribution < 1.29 is 10.2 Å². The van der Waals surface area contributed by atoms with Gasteiger partial charge in [0, 0.05) is 0 Å². The van der Waals surface area contributed by atoms with Crippen LogP contribution in [0.25, 0.3) is 0 Å². The summed E-state index contributed by atoms with van der Waals surface area (Å²) in [4.78, 5) is 0. The van der Waals surface area contributed by atoms with E-state index in [2.05, 4.69) is 0 Å². The molecule has 0 bridgehead atoms. The summed E-state index contributed by atoms with van der Waals surface area (Å²) in [5.74, 6) is 0. The van der Waals surface area contributed by atoms with E-state index < -0.39 is 12.2 Å². The molecule has 2 heteroatoms. The molecule has 0 aromatic heterocycles. The summed E-state index contributed by atoms with van der Waals surface area (Å²) in [6.07, 6.45) is 8.55. The van der Waals surface area contributed by atoms with Gasteiger partial charge < -0.3 is 10.2 Å². The maximum Gasteiger partial charge on any atom is 0.102 e. The molecule has 2 unspecified atom stereocenters. The van der Waals surface area contributed by atoms with Gasteiger partial charge >= 0.3 is 0 Å². The van der Waals surface area contributed by atoms with Crippen LogP contribution >= 0.6 is 0 Å². The molecule has 0 spiro atoms. The van der Waals surface area contributed by atoms with Crippen molar-refractivity contribution in [1.29, 1.82) is 0 Å². The molecule has 0 heterocycles. The molecule has 1 aliphatic rings. The summed E-state index contributed by atoms with van der Waals surface area (Å²) < 4.78 is 0. The lowest BCUT2D eigenvalue weighted by molar-refractivity contribution is 0.0807. The first kappa shape index (κ1) is 7.25. The number of allylic oxidation sites excluding steroid dienone is 4. The van der Waals surface area contributed by atoms with Crippen molar-refractivity contribution in [2.24, 2.45) is 0 Å². The monoisotopic (exact) mass is 138 g/mol. The Hall–Kier alpha value is -0.860. The molecule has 2 N–H and O–H groups in total. The van der Waals surface area contributed by atoms with Crippen molar-refractivity contribution in [3.05, 3.63) is 36.5 Å². The van der Waals surface area contributed by atoms with Gasteiger partial charge in [-0.1, -0.05) is 36.5 Å². The molecule has 0 radical (unpaired) electrons. The minimum Gasteiger partial charge on any atom is -0.386 e. The van der Waals surface area contributed by atoms with E-state index in [9.17, 15) is 0 Å². The van der Waals surface area contributed by atoms with Crippen LogP contribution in [0, 0.1) is 0 Å². The van der Waals surface area contributed by atoms with Crippen molar-refractivity contribution in [3.8, 4) is 0 Å². The van der Waals surface area contributed by atoms with Crippen molar-refractivity contribution >= 4 is 0 Å². The van der Waals surface area contributed by atoms with E-state index in [4.69, 9.17) is 10.2 Å². The Bertz CT molecular complexity index is 160. The summed E-state index contributed by atoms with van der Waals surface area (Å²) in [5, 5.41) is 18.1. The third-order valence-corrected chi connectivity index (χ3v) is 1.30. The van der Waals surface area contributed by atoms with Gasteiger partial charge in [-0.05, 0) is 0 Å². The highest BCUT2D eigenvalue weighted by atomic mass is 16.3. The van der Waals surface area contributed by atoms with Gasteiger partial charge in [0.05, 0.1) is 0 Å². The van der Waals surface area contributed by atoms with E-state index in [0.29, 0.717) is 0 Å². The van der Waals surface area contributed by atoms with Crippen molar-refractivity contribution in [1.82, 2.24) is 0 Å². The van der Waals surface area contributed by atoms with Gasteiger partial charge in [0.15, 0.2) is 0 Å². The van der Waals surface area contributed by atoms with Crippen LogP contribution in [-0.4, -0.2) is 22.4 Å². The second-order valence-corrected chi connectivity index (χ2v) is 2.14. The quantitative estimate of drug-likeness (QED) is 0.508. The standard InChI is InChI=1S/C8H10O2/c9-7-5-3-1-2-4-6-8(7)10/h1-10H. The van der Waals surface area contributed by atoms with Crippen LogP contribution in [0.1, 0.15) is 0 Å². The fourth-order valence-corrected chi connectivity index (χ4v) is 0.712. The highest BCUT2D eigenvalue weighted by molar-refractivity contribution is 5.17. The van der Waals surface area contributed by atoms with Crippen LogP contribution in [-0.2, 0) is 0 Å². The van der Waals surface area contributed by atoms with Gasteiger partial charge in [-0.25, -0.2) is 0 Å². The van der Waals surface area contributed by atoms with Gasteiger partial charge in [0.2, 0.25) is 0 Å². The zero-order chi connectivity index (χ0) is 7.40. The largest absolute Gasteiger partial charge is 0.386 e. The zero-order valence-electron chi connectivity index (χ0n) is 5.51. The number of hydrogen-bond acceptors (Lipinski definition) is 2. The lowest BCUT2D eigenvalue weighted by atomic mass is 10.1. The van der Waals surface area contributed by atoms with Crippen molar-refractivity contribution in [2.75, 3.05) is 0 Å². The molecule has 0 saturated heterocycles. The lowest BCUT2D eigenvalue weighted by Gasteiger charge is -2.09. The Kier molecular flexibility index (Phi) is 2.42. The molecular weight excluding hydrogens is 128 g/mol. The minimum atomic E-state index is -0.777. The zero-order valence-corrected chi connectivity index (χ0v) is 5.51. The topological polar surface area (TPSA) is 40.5 Å². The Morgan fingerprint density at radius 1 is 0.700 bits per heavy atom. The number of aliphatic hydroxyl groups excluding tert-OH is 2. The maximum absolute atomic E-state index is 9.06. The molecule has 0 aromatic carbocycles. The molecule has 2 atom stereocenters. The fraction of sp³-hybridized carbons (Fsp3) is 0.250. The first-order valence-corrected chi connectivity index (χ1v) is 3.18. The Balaban J connectivity index is 2.71. The van der Waals surface area contributed by atoms with Crippen LogP contribution in [0.4, 0.5) is 0 Å². The highest BCUT2D eigenvalue weighted by Crippen LogP contribution is 2.00. The molecule has 0 amide bonds. The van der Waals surface area contributed by atoms with E-state index in [-0.39, 0.29) is 0 Å². The third kappa shape index (κ3) is 1.83. The van der Waals surface area contributed by atoms with E-state index in [1.165, 1.54) is 0 Å². The van der Waals surface area contributed by atoms with E-state index in [1.807, 2.05) is 0 Å². The van der Waals surface area contributed by atoms with Gasteiger partial charge in [-0.15, -0.1) is 0 Å². The Labute approximate surface area is 59.8 Å². The molecule has 2 nitrogen and oxygen atoms in total. The van der Waals surface area contributed by atoms with Crippen molar-refractivity contribution in [3.63, 3.8) is 0 Å². The molecular formula is C8H10O2. The van der Waals surface area contributed by atoms with Crippen LogP contribution < -0.4 is 0 Å². The highest BCUT2D eigenvalue weighted by Gasteiger charge is 2.08. The average molecular weight is 138 g/mol. The van der Waals surface area contributed by atoms with Crippen LogP contribution in [0.2, 0.25) is 0 Å². The molecule has 0 saturated carbocycles. The average Bonchev–Trinajstić information content (AvgIpc) is 1.92. The second kappa shape index (κ2) is 3.34. The SMILES string of the molecule is OC1C=CC=CC=CC1O. The summed E-state index contributed by atoms with van der Waals surface area (Å²) in [6.45, 7) is 0. The molecule has 1 rings (SSSR count). The molecule has 1 aliphatic carbocycles. The summed E-state index contributed by atoms with van der Waals surface area (Å²) in [6, 6.07) is 0. The minimum absolute atomic E-state index is 0.777. The Morgan fingerprint density at radius 2 is 1.10 bits per heavy atom. The van der Waals surface area contributed by atoms with E-state index >= 15 is 0 Å². The fourth-order valence-electron chi connectivity index (χ4n) is 0.712. The van der Waals surface area contributed by atoms with E-state index in [0.717, 1.165) is 0 Å². The number of rotatable bonds is 0. The summed E-state index contributed by atoms with van der Waals surface area (Å²) >= 11 is 0. The van der Waals surface area contributed by atoms with Gasteiger partial charge in [0.1, 0.15) is 12.2 Å². The van der Waals surface area contributed by atoms with Crippen LogP contribution in [0.5, 0.6) is 0 Å². The summed E-state index contributed by atoms with van der Waals surface area (Å²) in [5.41, 5.74) is 0. The predicted octanol–water partition coefficient (Wildman–Crippen LogP) is 0.390. The molecule has 10 heavy (non-hydrogen) atoms. The van der Waals surface area contributed by atoms with E-state index in [1.54, 1.807) is 36.5 Å². The van der Waals surface area contributed by atoms with Gasteiger partial charge in [-0.3, -0.25) is 0 Å². The molecule has 54 valence electrons. The first-order chi connectivity index (χ1) is 4.80. The maximum atomic E-state index is 9.06. The molecule has 0 aliphatic heterocycles. The van der Waals surface area contributed by atoms with Crippen LogP contribution in [0.15, 0.2) is 36.5 Å². The predicted molar refractivity (Wildman–Crippen MR) is 39.4 cm³/mol. The number of aliphatic hydroxyl groups is 2. The van der Waals surface area contributed by atoms with Gasteiger partial charge in [-0.2, -0.15) is 0 Å². The van der Waals surface area contributed by atoms with Crippen molar-refractivity contribution in [2.45, 2.75) is 12.2 Å². The molecule has 0 aromatic rings. The third-order valence-electron chi connectivity index (χ3n) is 1.30. The second-order valence-electron chi connectivity index (χ2n) is 2.14. The Morgan fingerprint density at radius 3 is 1.50 bits per heavy atom. The smallest absolute Gasteiger partial charge is 0.102 e. The summed E-state index contributed by atoms with van der Waals surface area (Å²) in [7, 11) is 0. The number of hydrogen-bond donors (Lipinski definition) is 2. The van der Waals surface area contributed by atoms with Crippen LogP contribution in [0.3, 0.4) is 0 Å². The molecule has 0 fully saturated rings. The first-order valence-electron chi connectivity index (χ1n) is 3.18.